The minimum atomic E-state index is -4.44. The van der Waals surface area contributed by atoms with Crippen LogP contribution in [0.1, 0.15) is 35.8 Å². The molecule has 34 heavy (non-hydrogen) atoms. The van der Waals surface area contributed by atoms with E-state index >= 15 is 0 Å². The zero-order chi connectivity index (χ0) is 23.9. The second kappa shape index (κ2) is 8.52. The molecule has 2 saturated heterocycles. The van der Waals surface area contributed by atoms with Crippen LogP contribution < -0.4 is 0 Å². The number of amides is 1. The fourth-order valence-electron chi connectivity index (χ4n) is 4.38. The number of rotatable bonds is 3. The van der Waals surface area contributed by atoms with Gasteiger partial charge in [-0.05, 0) is 49.4 Å². The lowest BCUT2D eigenvalue weighted by Crippen LogP contribution is -2.47. The van der Waals surface area contributed by atoms with E-state index in [1.165, 1.54) is 16.8 Å². The molecule has 1 amide bonds. The second-order valence-electron chi connectivity index (χ2n) is 8.55. The number of nitrogens with zero attached hydrogens (tertiary/aromatic N) is 4. The van der Waals surface area contributed by atoms with Crippen molar-refractivity contribution in [3.8, 4) is 16.9 Å². The third-order valence-corrected chi connectivity index (χ3v) is 6.15. The Morgan fingerprint density at radius 1 is 1.09 bits per heavy atom. The fourth-order valence-corrected chi connectivity index (χ4v) is 4.38. The maximum Gasteiger partial charge on any atom is 0.416 e. The lowest BCUT2D eigenvalue weighted by molar-refractivity contribution is -0.190. The van der Waals surface area contributed by atoms with Gasteiger partial charge in [-0.3, -0.25) is 9.78 Å². The molecule has 0 bridgehead atoms. The number of halogens is 3. The number of alkyl halides is 3. The van der Waals surface area contributed by atoms with E-state index in [1.54, 1.807) is 35.5 Å². The van der Waals surface area contributed by atoms with E-state index in [0.717, 1.165) is 17.7 Å². The summed E-state index contributed by atoms with van der Waals surface area (Å²) in [6.07, 6.45) is -0.0564. The summed E-state index contributed by atoms with van der Waals surface area (Å²) in [4.78, 5) is 19.0. The van der Waals surface area contributed by atoms with Crippen LogP contribution in [-0.2, 0) is 15.7 Å². The van der Waals surface area contributed by atoms with Gasteiger partial charge in [-0.15, -0.1) is 0 Å². The van der Waals surface area contributed by atoms with Crippen molar-refractivity contribution < 1.29 is 27.4 Å². The van der Waals surface area contributed by atoms with E-state index in [-0.39, 0.29) is 17.7 Å². The predicted octanol–water partition coefficient (Wildman–Crippen LogP) is 4.32. The second-order valence-corrected chi connectivity index (χ2v) is 8.55. The molecule has 1 aromatic carbocycles. The van der Waals surface area contributed by atoms with Crippen molar-refractivity contribution in [2.24, 2.45) is 0 Å². The highest BCUT2D eigenvalue weighted by Gasteiger charge is 2.43. The third kappa shape index (κ3) is 4.30. The molecule has 0 N–H and O–H groups in total. The molecule has 1 unspecified atom stereocenters. The zero-order valence-corrected chi connectivity index (χ0v) is 18.5. The Morgan fingerprint density at radius 3 is 2.35 bits per heavy atom. The molecule has 3 aromatic rings. The molecule has 10 heteroatoms. The number of carbonyl (C=O) groups is 1. The first-order valence-corrected chi connectivity index (χ1v) is 11.0. The standard InChI is InChI=1S/C24H23F3N4O3/c1-16-15-33-23(34-16)8-12-30(13-9-23)22(32)20-14-21(17-6-10-28-11-7-17)31(29-20)19-4-2-18(3-5-19)24(25,26)27/h2-7,10-11,14,16H,8-9,12-13,15H2,1H3. The number of benzene rings is 1. The summed E-state index contributed by atoms with van der Waals surface area (Å²) in [5.41, 5.74) is 1.19. The van der Waals surface area contributed by atoms with E-state index < -0.39 is 17.5 Å². The van der Waals surface area contributed by atoms with Gasteiger partial charge in [-0.2, -0.15) is 18.3 Å². The van der Waals surface area contributed by atoms with Crippen molar-refractivity contribution in [1.29, 1.82) is 0 Å². The maximum atomic E-state index is 13.3. The van der Waals surface area contributed by atoms with Crippen LogP contribution in [0.15, 0.2) is 54.9 Å². The Balaban J connectivity index is 1.44. The van der Waals surface area contributed by atoms with Crippen LogP contribution >= 0.6 is 0 Å². The molecule has 0 saturated carbocycles. The summed E-state index contributed by atoms with van der Waals surface area (Å²) in [6.45, 7) is 3.42. The van der Waals surface area contributed by atoms with Gasteiger partial charge in [-0.25, -0.2) is 4.68 Å². The lowest BCUT2D eigenvalue weighted by atomic mass is 10.0. The van der Waals surface area contributed by atoms with Crippen LogP contribution in [0.3, 0.4) is 0 Å². The lowest BCUT2D eigenvalue weighted by Gasteiger charge is -2.37. The molecule has 2 aromatic heterocycles. The molecule has 7 nitrogen and oxygen atoms in total. The number of carbonyl (C=O) groups excluding carboxylic acids is 1. The van der Waals surface area contributed by atoms with Crippen LogP contribution in [0.5, 0.6) is 0 Å². The molecule has 5 rings (SSSR count). The molecule has 0 aliphatic carbocycles. The van der Waals surface area contributed by atoms with Gasteiger partial charge in [0.2, 0.25) is 0 Å². The van der Waals surface area contributed by atoms with Crippen LogP contribution in [-0.4, -0.2) is 57.2 Å². The average Bonchev–Trinajstić information content (AvgIpc) is 3.43. The maximum absolute atomic E-state index is 13.3. The van der Waals surface area contributed by atoms with Crippen LogP contribution in [0.25, 0.3) is 16.9 Å². The van der Waals surface area contributed by atoms with E-state index in [9.17, 15) is 18.0 Å². The predicted molar refractivity (Wildman–Crippen MR) is 116 cm³/mol. The summed E-state index contributed by atoms with van der Waals surface area (Å²) < 4.78 is 52.3. The molecular weight excluding hydrogens is 449 g/mol. The molecule has 178 valence electrons. The third-order valence-electron chi connectivity index (χ3n) is 6.15. The Morgan fingerprint density at radius 2 is 1.76 bits per heavy atom. The number of hydrogen-bond donors (Lipinski definition) is 0. The van der Waals surface area contributed by atoms with Gasteiger partial charge in [0.05, 0.1) is 29.7 Å². The first-order chi connectivity index (χ1) is 16.2. The van der Waals surface area contributed by atoms with Gasteiger partial charge in [0, 0.05) is 43.9 Å². The smallest absolute Gasteiger partial charge is 0.347 e. The minimum absolute atomic E-state index is 0.0320. The number of ether oxygens (including phenoxy) is 2. The Kier molecular flexibility index (Phi) is 5.65. The largest absolute Gasteiger partial charge is 0.416 e. The van der Waals surface area contributed by atoms with Gasteiger partial charge < -0.3 is 14.4 Å². The van der Waals surface area contributed by atoms with Gasteiger partial charge in [-0.1, -0.05) is 0 Å². The Bertz CT molecular complexity index is 1170. The molecule has 1 spiro atoms. The number of likely N-dealkylation sites (tertiary alicyclic amines) is 1. The Labute approximate surface area is 194 Å². The topological polar surface area (TPSA) is 69.5 Å². The normalized spacial score (nSPS) is 20.1. The number of hydrogen-bond acceptors (Lipinski definition) is 5. The van der Waals surface area contributed by atoms with E-state index in [2.05, 4.69) is 10.1 Å². The molecule has 1 atom stereocenters. The van der Waals surface area contributed by atoms with E-state index in [1.807, 2.05) is 6.92 Å². The summed E-state index contributed by atoms with van der Waals surface area (Å²) in [6, 6.07) is 9.86. The highest BCUT2D eigenvalue weighted by Crippen LogP contribution is 2.35. The monoisotopic (exact) mass is 472 g/mol. The van der Waals surface area contributed by atoms with E-state index in [4.69, 9.17) is 9.47 Å². The van der Waals surface area contributed by atoms with Crippen molar-refractivity contribution in [2.75, 3.05) is 19.7 Å². The molecular formula is C24H23F3N4O3. The first-order valence-electron chi connectivity index (χ1n) is 11.0. The molecule has 4 heterocycles. The summed E-state index contributed by atoms with van der Waals surface area (Å²) in [5.74, 6) is -0.875. The summed E-state index contributed by atoms with van der Waals surface area (Å²) in [7, 11) is 0. The molecule has 2 aliphatic rings. The highest BCUT2D eigenvalue weighted by molar-refractivity contribution is 5.93. The van der Waals surface area contributed by atoms with Gasteiger partial charge in [0.15, 0.2) is 11.5 Å². The fraction of sp³-hybridized carbons (Fsp3) is 0.375. The van der Waals surface area contributed by atoms with Crippen molar-refractivity contribution >= 4 is 5.91 Å². The van der Waals surface area contributed by atoms with Gasteiger partial charge in [0.1, 0.15) is 0 Å². The average molecular weight is 472 g/mol. The quantitative estimate of drug-likeness (QED) is 0.568. The first kappa shape index (κ1) is 22.5. The molecule has 2 aliphatic heterocycles. The van der Waals surface area contributed by atoms with Crippen LogP contribution in [0, 0.1) is 0 Å². The van der Waals surface area contributed by atoms with Crippen LogP contribution in [0.4, 0.5) is 13.2 Å². The van der Waals surface area contributed by atoms with Crippen LogP contribution in [0.2, 0.25) is 0 Å². The van der Waals surface area contributed by atoms with Crippen molar-refractivity contribution in [2.45, 2.75) is 37.8 Å². The highest BCUT2D eigenvalue weighted by atomic mass is 19.4. The van der Waals surface area contributed by atoms with Crippen molar-refractivity contribution in [1.82, 2.24) is 19.7 Å². The summed E-state index contributed by atoms with van der Waals surface area (Å²) in [5, 5.41) is 4.49. The van der Waals surface area contributed by atoms with Gasteiger partial charge in [0.25, 0.3) is 5.91 Å². The molecule has 0 radical (unpaired) electrons. The van der Waals surface area contributed by atoms with Crippen molar-refractivity contribution in [3.63, 3.8) is 0 Å². The number of pyridine rings is 1. The minimum Gasteiger partial charge on any atom is -0.347 e. The number of aromatic nitrogens is 3. The Hall–Kier alpha value is -3.24. The van der Waals surface area contributed by atoms with E-state index in [0.29, 0.717) is 43.9 Å². The van der Waals surface area contributed by atoms with Crippen molar-refractivity contribution in [3.05, 3.63) is 66.1 Å². The molecule has 2 fully saturated rings. The summed E-state index contributed by atoms with van der Waals surface area (Å²) >= 11 is 0. The zero-order valence-electron chi connectivity index (χ0n) is 18.5. The number of piperidine rings is 1. The van der Waals surface area contributed by atoms with Gasteiger partial charge >= 0.3 is 6.18 Å². The SMILES string of the molecule is CC1COC2(CCN(C(=O)c3cc(-c4ccncc4)n(-c4ccc(C(F)(F)F)cc4)n3)CC2)O1.